The highest BCUT2D eigenvalue weighted by atomic mass is 16.3. The number of ketones is 1. The minimum Gasteiger partial charge on any atom is -0.390 e. The SMILES string of the molecule is C[C@@]1(O)CCCC2C=CC(=O)C[C@H]21. The van der Waals surface area contributed by atoms with Crippen LogP contribution in [-0.2, 0) is 4.79 Å². The van der Waals surface area contributed by atoms with Crippen molar-refractivity contribution < 1.29 is 9.90 Å². The molecule has 1 fully saturated rings. The molecule has 0 aliphatic heterocycles. The lowest BCUT2D eigenvalue weighted by Gasteiger charge is -2.42. The average Bonchev–Trinajstić information content (AvgIpc) is 2.06. The average molecular weight is 180 g/mol. The van der Waals surface area contributed by atoms with Crippen molar-refractivity contribution in [3.05, 3.63) is 12.2 Å². The first kappa shape index (κ1) is 8.95. The minimum absolute atomic E-state index is 0.166. The van der Waals surface area contributed by atoms with Gasteiger partial charge in [-0.3, -0.25) is 4.79 Å². The van der Waals surface area contributed by atoms with Crippen LogP contribution in [0.1, 0.15) is 32.6 Å². The van der Waals surface area contributed by atoms with E-state index in [0.717, 1.165) is 19.3 Å². The van der Waals surface area contributed by atoms with E-state index in [9.17, 15) is 9.90 Å². The molecule has 0 spiro atoms. The van der Waals surface area contributed by atoms with Gasteiger partial charge < -0.3 is 5.11 Å². The van der Waals surface area contributed by atoms with Crippen molar-refractivity contribution in [2.45, 2.75) is 38.2 Å². The molecule has 13 heavy (non-hydrogen) atoms. The molecule has 0 bridgehead atoms. The number of hydrogen-bond donors (Lipinski definition) is 1. The predicted octanol–water partition coefficient (Wildman–Crippen LogP) is 1.68. The van der Waals surface area contributed by atoms with Crippen LogP contribution in [0.15, 0.2) is 12.2 Å². The number of hydrogen-bond acceptors (Lipinski definition) is 2. The highest BCUT2D eigenvalue weighted by Gasteiger charge is 2.41. The van der Waals surface area contributed by atoms with Crippen molar-refractivity contribution in [2.24, 2.45) is 11.8 Å². The van der Waals surface area contributed by atoms with Gasteiger partial charge in [-0.25, -0.2) is 0 Å². The van der Waals surface area contributed by atoms with E-state index in [0.29, 0.717) is 12.3 Å². The zero-order chi connectivity index (χ0) is 9.47. The second kappa shape index (κ2) is 2.95. The number of carbonyl (C=O) groups excluding carboxylic acids is 1. The molecule has 3 atom stereocenters. The lowest BCUT2D eigenvalue weighted by atomic mass is 9.66. The van der Waals surface area contributed by atoms with Crippen molar-refractivity contribution in [1.29, 1.82) is 0 Å². The molecule has 0 heterocycles. The Morgan fingerprint density at radius 3 is 3.15 bits per heavy atom. The van der Waals surface area contributed by atoms with E-state index in [1.54, 1.807) is 6.08 Å². The zero-order valence-corrected chi connectivity index (χ0v) is 7.99. The van der Waals surface area contributed by atoms with Crippen LogP contribution in [0.25, 0.3) is 0 Å². The van der Waals surface area contributed by atoms with Crippen LogP contribution in [0.2, 0.25) is 0 Å². The summed E-state index contributed by atoms with van der Waals surface area (Å²) >= 11 is 0. The molecule has 2 aliphatic carbocycles. The summed E-state index contributed by atoms with van der Waals surface area (Å²) < 4.78 is 0. The molecule has 72 valence electrons. The van der Waals surface area contributed by atoms with Gasteiger partial charge in [0.15, 0.2) is 5.78 Å². The summed E-state index contributed by atoms with van der Waals surface area (Å²) in [6.45, 7) is 1.87. The summed E-state index contributed by atoms with van der Waals surface area (Å²) in [5.74, 6) is 0.767. The lowest BCUT2D eigenvalue weighted by molar-refractivity contribution is -0.122. The molecule has 2 heteroatoms. The molecule has 0 aromatic rings. The molecule has 1 unspecified atom stereocenters. The maximum absolute atomic E-state index is 11.2. The summed E-state index contributed by atoms with van der Waals surface area (Å²) in [6.07, 6.45) is 7.26. The van der Waals surface area contributed by atoms with Gasteiger partial charge in [-0.05, 0) is 38.2 Å². The Kier molecular flexibility index (Phi) is 2.03. The van der Waals surface area contributed by atoms with Crippen molar-refractivity contribution in [3.63, 3.8) is 0 Å². The van der Waals surface area contributed by atoms with Gasteiger partial charge in [0.05, 0.1) is 5.60 Å². The summed E-state index contributed by atoms with van der Waals surface area (Å²) in [5, 5.41) is 10.1. The van der Waals surface area contributed by atoms with Crippen LogP contribution in [0.4, 0.5) is 0 Å². The van der Waals surface area contributed by atoms with Gasteiger partial charge in [0, 0.05) is 12.3 Å². The number of fused-ring (bicyclic) bond motifs is 1. The lowest BCUT2D eigenvalue weighted by Crippen LogP contribution is -2.44. The fraction of sp³-hybridized carbons (Fsp3) is 0.727. The second-order valence-corrected chi connectivity index (χ2v) is 4.55. The standard InChI is InChI=1S/C11H16O2/c1-11(13)6-2-3-8-4-5-9(12)7-10(8)11/h4-5,8,10,13H,2-3,6-7H2,1H3/t8?,10-,11-/m1/s1. The third-order valence-electron chi connectivity index (χ3n) is 3.49. The number of carbonyl (C=O) groups is 1. The highest BCUT2D eigenvalue weighted by molar-refractivity contribution is 5.90. The van der Waals surface area contributed by atoms with E-state index in [1.165, 1.54) is 0 Å². The van der Waals surface area contributed by atoms with Crippen molar-refractivity contribution in [2.75, 3.05) is 0 Å². The van der Waals surface area contributed by atoms with Crippen molar-refractivity contribution in [1.82, 2.24) is 0 Å². The van der Waals surface area contributed by atoms with Gasteiger partial charge in [-0.1, -0.05) is 6.08 Å². The summed E-state index contributed by atoms with van der Waals surface area (Å²) in [4.78, 5) is 11.2. The van der Waals surface area contributed by atoms with Gasteiger partial charge in [-0.2, -0.15) is 0 Å². The third-order valence-corrected chi connectivity index (χ3v) is 3.49. The van der Waals surface area contributed by atoms with E-state index in [1.807, 2.05) is 13.0 Å². The van der Waals surface area contributed by atoms with Crippen molar-refractivity contribution in [3.8, 4) is 0 Å². The number of rotatable bonds is 0. The van der Waals surface area contributed by atoms with Crippen LogP contribution in [-0.4, -0.2) is 16.5 Å². The van der Waals surface area contributed by atoms with E-state index in [2.05, 4.69) is 0 Å². The highest BCUT2D eigenvalue weighted by Crippen LogP contribution is 2.42. The first-order chi connectivity index (χ1) is 6.09. The van der Waals surface area contributed by atoms with E-state index in [-0.39, 0.29) is 11.7 Å². The first-order valence-corrected chi connectivity index (χ1v) is 5.03. The Hall–Kier alpha value is -0.630. The first-order valence-electron chi connectivity index (χ1n) is 5.03. The molecule has 0 radical (unpaired) electrons. The van der Waals surface area contributed by atoms with Crippen LogP contribution >= 0.6 is 0 Å². The van der Waals surface area contributed by atoms with Gasteiger partial charge in [0.1, 0.15) is 0 Å². The maximum Gasteiger partial charge on any atom is 0.155 e. The molecule has 2 nitrogen and oxygen atoms in total. The predicted molar refractivity (Wildman–Crippen MR) is 50.2 cm³/mol. The normalized spacial score (nSPS) is 44.6. The van der Waals surface area contributed by atoms with Crippen LogP contribution in [0.5, 0.6) is 0 Å². The maximum atomic E-state index is 11.2. The van der Waals surface area contributed by atoms with Crippen LogP contribution < -0.4 is 0 Å². The Morgan fingerprint density at radius 1 is 1.62 bits per heavy atom. The molecule has 2 rings (SSSR count). The molecular weight excluding hydrogens is 164 g/mol. The van der Waals surface area contributed by atoms with Gasteiger partial charge in [0.2, 0.25) is 0 Å². The topological polar surface area (TPSA) is 37.3 Å². The van der Waals surface area contributed by atoms with Gasteiger partial charge in [0.25, 0.3) is 0 Å². The van der Waals surface area contributed by atoms with Crippen LogP contribution in [0.3, 0.4) is 0 Å². The van der Waals surface area contributed by atoms with Gasteiger partial charge >= 0.3 is 0 Å². The van der Waals surface area contributed by atoms with Crippen LogP contribution in [0, 0.1) is 11.8 Å². The summed E-state index contributed by atoms with van der Waals surface area (Å²) in [6, 6.07) is 0. The third kappa shape index (κ3) is 1.55. The Labute approximate surface area is 78.6 Å². The quantitative estimate of drug-likeness (QED) is 0.616. The summed E-state index contributed by atoms with van der Waals surface area (Å²) in [7, 11) is 0. The smallest absolute Gasteiger partial charge is 0.155 e. The molecule has 1 saturated carbocycles. The molecule has 1 N–H and O–H groups in total. The Bertz CT molecular complexity index is 253. The molecular formula is C11H16O2. The largest absolute Gasteiger partial charge is 0.390 e. The Balaban J connectivity index is 2.24. The number of aliphatic hydroxyl groups is 1. The minimum atomic E-state index is -0.622. The monoisotopic (exact) mass is 180 g/mol. The molecule has 0 amide bonds. The second-order valence-electron chi connectivity index (χ2n) is 4.55. The van der Waals surface area contributed by atoms with Crippen molar-refractivity contribution >= 4 is 5.78 Å². The Morgan fingerprint density at radius 2 is 2.38 bits per heavy atom. The fourth-order valence-electron chi connectivity index (χ4n) is 2.66. The van der Waals surface area contributed by atoms with E-state index < -0.39 is 5.60 Å². The summed E-state index contributed by atoms with van der Waals surface area (Å²) in [5.41, 5.74) is -0.622. The fourth-order valence-corrected chi connectivity index (χ4v) is 2.66. The van der Waals surface area contributed by atoms with E-state index in [4.69, 9.17) is 0 Å². The zero-order valence-electron chi connectivity index (χ0n) is 7.99. The molecule has 2 aliphatic rings. The van der Waals surface area contributed by atoms with E-state index >= 15 is 0 Å². The molecule has 0 aromatic heterocycles. The number of allylic oxidation sites excluding steroid dienone is 2. The molecule has 0 saturated heterocycles. The van der Waals surface area contributed by atoms with Gasteiger partial charge in [-0.15, -0.1) is 0 Å². The molecule has 0 aromatic carbocycles.